The normalized spacial score (nSPS) is 11.8. The summed E-state index contributed by atoms with van der Waals surface area (Å²) in [7, 11) is 1.69. The van der Waals surface area contributed by atoms with Crippen molar-refractivity contribution in [2.24, 2.45) is 7.05 Å². The Morgan fingerprint density at radius 3 is 2.53 bits per heavy atom. The van der Waals surface area contributed by atoms with Crippen molar-refractivity contribution in [3.8, 4) is 17.1 Å². The van der Waals surface area contributed by atoms with Crippen LogP contribution in [0.3, 0.4) is 0 Å². The average molecular weight is 651 g/mol. The maximum Gasteiger partial charge on any atom is 0.304 e. The number of fused-ring (bicyclic) bond motifs is 1. The van der Waals surface area contributed by atoms with Crippen LogP contribution < -0.4 is 25.6 Å². The number of hydrogen-bond acceptors (Lipinski definition) is 10. The van der Waals surface area contributed by atoms with Gasteiger partial charge in [-0.25, -0.2) is 18.7 Å². The van der Waals surface area contributed by atoms with E-state index in [1.165, 1.54) is 12.3 Å². The number of likely N-dealkylation sites (N-methyl/N-ethyl adjacent to an activating group) is 2. The maximum atomic E-state index is 14.1. The van der Waals surface area contributed by atoms with Crippen molar-refractivity contribution >= 4 is 50.1 Å². The molecule has 0 aliphatic carbocycles. The molecule has 0 saturated carbocycles. The van der Waals surface area contributed by atoms with Crippen LogP contribution in [0.4, 0.5) is 36.3 Å². The number of rotatable bonds is 12. The lowest BCUT2D eigenvalue weighted by molar-refractivity contribution is -0.111. The van der Waals surface area contributed by atoms with Gasteiger partial charge < -0.3 is 30.2 Å². The van der Waals surface area contributed by atoms with Gasteiger partial charge in [-0.1, -0.05) is 24.8 Å². The highest BCUT2D eigenvalue weighted by molar-refractivity contribution is 7.85. The van der Waals surface area contributed by atoms with E-state index < -0.39 is 34.7 Å². The Kier molecular flexibility index (Phi) is 11.8. The number of ether oxygens (including phenoxy) is 1. The summed E-state index contributed by atoms with van der Waals surface area (Å²) in [5.41, 5.74) is 2.61. The van der Waals surface area contributed by atoms with Crippen LogP contribution in [-0.4, -0.2) is 84.6 Å². The number of nitrogens with one attached hydrogen (secondary N) is 3. The van der Waals surface area contributed by atoms with Crippen molar-refractivity contribution in [2.75, 3.05) is 49.0 Å². The fourth-order valence-corrected chi connectivity index (χ4v) is 4.01. The molecule has 17 heteroatoms. The fraction of sp³-hybridized carbons (Fsp3) is 0.286. The topological polar surface area (TPSA) is 164 Å². The highest BCUT2D eigenvalue weighted by Gasteiger charge is 2.26. The van der Waals surface area contributed by atoms with Crippen LogP contribution >= 0.6 is 0 Å². The number of para-hydroxylation sites is 1. The molecule has 4 N–H and O–H groups in total. The van der Waals surface area contributed by atoms with Gasteiger partial charge in [0.25, 0.3) is 16.5 Å². The second-order valence-corrected chi connectivity index (χ2v) is 11.0. The molecule has 3 heterocycles. The van der Waals surface area contributed by atoms with E-state index in [1.807, 2.05) is 42.1 Å². The standard InChI is InChI=1S/C27H29F3N8O2.CH4O3S/c1-5-22(39)33-19-14-20(26(40-24(30)23(28)29)36-25(19)37(3)13-12-31-2)35-27-32-11-10-18(34-27)17-15-38(4)21-9-7-6-8-16(17)21;1-5(2,3)4/h5-11,14-15,23-24,31H,1,12-13H2,2-4H3,(H,33,39)(H,32,34,35);1H3,(H,2,3,4). The number of aromatic nitrogens is 4. The number of aryl methyl sites for hydroxylation is 1. The van der Waals surface area contributed by atoms with Gasteiger partial charge in [0.1, 0.15) is 5.69 Å². The van der Waals surface area contributed by atoms with Crippen molar-refractivity contribution < 1.29 is 35.7 Å². The molecular weight excluding hydrogens is 617 g/mol. The largest absolute Gasteiger partial charge is 0.435 e. The van der Waals surface area contributed by atoms with E-state index in [2.05, 4.69) is 37.5 Å². The predicted octanol–water partition coefficient (Wildman–Crippen LogP) is 4.00. The summed E-state index contributed by atoms with van der Waals surface area (Å²) in [6, 6.07) is 10.9. The minimum Gasteiger partial charge on any atom is -0.435 e. The summed E-state index contributed by atoms with van der Waals surface area (Å²) in [4.78, 5) is 26.9. The molecule has 0 spiro atoms. The lowest BCUT2D eigenvalue weighted by atomic mass is 10.1. The number of alkyl halides is 3. The number of halogens is 3. The van der Waals surface area contributed by atoms with Gasteiger partial charge in [0.2, 0.25) is 17.7 Å². The molecule has 0 fully saturated rings. The highest BCUT2D eigenvalue weighted by atomic mass is 32.2. The Morgan fingerprint density at radius 2 is 1.89 bits per heavy atom. The number of benzene rings is 1. The first-order chi connectivity index (χ1) is 21.2. The molecule has 4 rings (SSSR count). The molecule has 0 bridgehead atoms. The Labute approximate surface area is 257 Å². The monoisotopic (exact) mass is 650 g/mol. The summed E-state index contributed by atoms with van der Waals surface area (Å²) in [5.74, 6) is -0.760. The summed E-state index contributed by atoms with van der Waals surface area (Å²) < 4.78 is 73.0. The lowest BCUT2D eigenvalue weighted by Crippen LogP contribution is -2.29. The van der Waals surface area contributed by atoms with Crippen molar-refractivity contribution in [1.82, 2.24) is 24.8 Å². The van der Waals surface area contributed by atoms with Crippen molar-refractivity contribution in [2.45, 2.75) is 12.8 Å². The number of nitrogens with zero attached hydrogens (tertiary/aromatic N) is 5. The van der Waals surface area contributed by atoms with Crippen LogP contribution in [-0.2, 0) is 22.0 Å². The second-order valence-electron chi connectivity index (χ2n) is 9.53. The number of amides is 1. The maximum absolute atomic E-state index is 14.1. The molecule has 0 radical (unpaired) electrons. The van der Waals surface area contributed by atoms with Gasteiger partial charge in [0.15, 0.2) is 5.82 Å². The zero-order chi connectivity index (χ0) is 33.3. The summed E-state index contributed by atoms with van der Waals surface area (Å²) in [5, 5.41) is 9.49. The molecule has 1 amide bonds. The average Bonchev–Trinajstić information content (AvgIpc) is 3.32. The van der Waals surface area contributed by atoms with Crippen LogP contribution in [0.2, 0.25) is 0 Å². The van der Waals surface area contributed by atoms with E-state index in [0.29, 0.717) is 25.0 Å². The quantitative estimate of drug-likeness (QED) is 0.129. The number of anilines is 4. The molecule has 13 nitrogen and oxygen atoms in total. The Morgan fingerprint density at radius 1 is 1.20 bits per heavy atom. The van der Waals surface area contributed by atoms with Crippen LogP contribution in [0, 0.1) is 0 Å². The SMILES string of the molecule is C=CC(=O)Nc1cc(Nc2nccc(-c3cn(C)c4ccccc34)n2)c(OC(F)C(F)F)nc1N(C)CCNC.CS(=O)(=O)O. The Bertz CT molecular complexity index is 1750. The summed E-state index contributed by atoms with van der Waals surface area (Å²) >= 11 is 0. The highest BCUT2D eigenvalue weighted by Crippen LogP contribution is 2.36. The minimum atomic E-state index is -3.67. The third kappa shape index (κ3) is 9.88. The van der Waals surface area contributed by atoms with Crippen molar-refractivity contribution in [3.63, 3.8) is 0 Å². The van der Waals surface area contributed by atoms with E-state index >= 15 is 0 Å². The number of hydrogen-bond donors (Lipinski definition) is 4. The van der Waals surface area contributed by atoms with Gasteiger partial charge in [-0.2, -0.15) is 17.8 Å². The molecule has 1 aromatic carbocycles. The molecule has 0 saturated heterocycles. The number of carbonyl (C=O) groups excluding carboxylic acids is 1. The fourth-order valence-electron chi connectivity index (χ4n) is 4.01. The Hall–Kier alpha value is -4.74. The minimum absolute atomic E-state index is 0.0384. The van der Waals surface area contributed by atoms with Gasteiger partial charge >= 0.3 is 6.43 Å². The third-order valence-corrected chi connectivity index (χ3v) is 5.97. The van der Waals surface area contributed by atoms with Crippen LogP contribution in [0.5, 0.6) is 5.88 Å². The molecular formula is C28H33F3N8O5S. The zero-order valence-electron chi connectivity index (χ0n) is 24.8. The van der Waals surface area contributed by atoms with Crippen LogP contribution in [0.15, 0.2) is 61.4 Å². The van der Waals surface area contributed by atoms with Crippen molar-refractivity contribution in [1.29, 1.82) is 0 Å². The second kappa shape index (κ2) is 15.3. The first-order valence-corrected chi connectivity index (χ1v) is 15.1. The molecule has 0 aliphatic heterocycles. The molecule has 0 aliphatic rings. The van der Waals surface area contributed by atoms with Gasteiger partial charge in [0, 0.05) is 56.0 Å². The molecule has 4 aromatic rings. The summed E-state index contributed by atoms with van der Waals surface area (Å²) in [6.07, 6.45) is -1.11. The first-order valence-electron chi connectivity index (χ1n) is 13.2. The van der Waals surface area contributed by atoms with Gasteiger partial charge in [0.05, 0.1) is 17.6 Å². The van der Waals surface area contributed by atoms with Gasteiger partial charge in [-0.05, 0) is 31.3 Å². The van der Waals surface area contributed by atoms with Gasteiger partial charge in [-0.3, -0.25) is 9.35 Å². The van der Waals surface area contributed by atoms with E-state index in [0.717, 1.165) is 22.5 Å². The first kappa shape index (κ1) is 34.7. The number of carbonyl (C=O) groups is 1. The summed E-state index contributed by atoms with van der Waals surface area (Å²) in [6.45, 7) is 4.43. The van der Waals surface area contributed by atoms with Crippen molar-refractivity contribution in [3.05, 3.63) is 61.4 Å². The third-order valence-electron chi connectivity index (χ3n) is 5.97. The molecule has 1 atom stereocenters. The molecule has 1 unspecified atom stereocenters. The Balaban J connectivity index is 0.00000102. The van der Waals surface area contributed by atoms with E-state index in [-0.39, 0.29) is 23.1 Å². The smallest absolute Gasteiger partial charge is 0.304 e. The zero-order valence-corrected chi connectivity index (χ0v) is 25.6. The van der Waals surface area contributed by atoms with Crippen LogP contribution in [0.25, 0.3) is 22.2 Å². The molecule has 45 heavy (non-hydrogen) atoms. The predicted molar refractivity (Wildman–Crippen MR) is 166 cm³/mol. The molecule has 242 valence electrons. The van der Waals surface area contributed by atoms with E-state index in [9.17, 15) is 26.4 Å². The van der Waals surface area contributed by atoms with E-state index in [1.54, 1.807) is 25.1 Å². The number of pyridine rings is 1. The van der Waals surface area contributed by atoms with Crippen LogP contribution in [0.1, 0.15) is 0 Å². The molecule has 3 aromatic heterocycles. The lowest BCUT2D eigenvalue weighted by Gasteiger charge is -2.24. The van der Waals surface area contributed by atoms with Gasteiger partial charge in [-0.15, -0.1) is 0 Å². The van der Waals surface area contributed by atoms with E-state index in [4.69, 9.17) is 9.29 Å².